The van der Waals surface area contributed by atoms with Gasteiger partial charge in [-0.3, -0.25) is 4.98 Å². The lowest BCUT2D eigenvalue weighted by molar-refractivity contribution is 0.166. The van der Waals surface area contributed by atoms with Crippen LogP contribution < -0.4 is 4.90 Å². The van der Waals surface area contributed by atoms with E-state index in [0.29, 0.717) is 6.04 Å². The summed E-state index contributed by atoms with van der Waals surface area (Å²) in [5.41, 5.74) is 1.23. The normalized spacial score (nSPS) is 23.4. The molecule has 1 fully saturated rings. The van der Waals surface area contributed by atoms with Crippen molar-refractivity contribution >= 4 is 5.69 Å². The molecule has 1 aromatic heterocycles. The number of hydrogen-bond acceptors (Lipinski definition) is 3. The van der Waals surface area contributed by atoms with Gasteiger partial charge in [-0.1, -0.05) is 12.2 Å². The Morgan fingerprint density at radius 3 is 3.06 bits per heavy atom. The number of anilines is 1. The van der Waals surface area contributed by atoms with E-state index in [-0.39, 0.29) is 0 Å². The van der Waals surface area contributed by atoms with Crippen molar-refractivity contribution in [2.75, 3.05) is 18.1 Å². The number of rotatable bonds is 1. The van der Waals surface area contributed by atoms with Gasteiger partial charge in [-0.25, -0.2) is 0 Å². The standard InChI is InChI=1S/C13H14N2O/c1-2-4-13-12(3-1)15(9-10-16-13)11-5-7-14-8-6-11/h1-2,4-8,12H,3,9-10H2. The van der Waals surface area contributed by atoms with Gasteiger partial charge in [0.25, 0.3) is 0 Å². The van der Waals surface area contributed by atoms with Crippen molar-refractivity contribution in [3.8, 4) is 0 Å². The monoisotopic (exact) mass is 214 g/mol. The Labute approximate surface area is 95.1 Å². The maximum absolute atomic E-state index is 5.69. The molecule has 0 saturated carbocycles. The van der Waals surface area contributed by atoms with Gasteiger partial charge in [0.1, 0.15) is 12.4 Å². The molecule has 0 radical (unpaired) electrons. The average Bonchev–Trinajstić information content (AvgIpc) is 2.39. The molecule has 1 aromatic rings. The van der Waals surface area contributed by atoms with Crippen LogP contribution in [0.25, 0.3) is 0 Å². The first-order chi connectivity index (χ1) is 7.95. The molecule has 1 unspecified atom stereocenters. The molecule has 16 heavy (non-hydrogen) atoms. The molecular weight excluding hydrogens is 200 g/mol. The molecule has 2 heterocycles. The highest BCUT2D eigenvalue weighted by atomic mass is 16.5. The minimum Gasteiger partial charge on any atom is -0.494 e. The molecule has 1 saturated heterocycles. The Balaban J connectivity index is 1.91. The number of ether oxygens (including phenoxy) is 1. The number of aromatic nitrogens is 1. The van der Waals surface area contributed by atoms with Gasteiger partial charge >= 0.3 is 0 Å². The summed E-state index contributed by atoms with van der Waals surface area (Å²) in [4.78, 5) is 6.45. The van der Waals surface area contributed by atoms with Gasteiger partial charge in [0.05, 0.1) is 12.6 Å². The summed E-state index contributed by atoms with van der Waals surface area (Å²) < 4.78 is 5.69. The van der Waals surface area contributed by atoms with Gasteiger partial charge in [0.15, 0.2) is 0 Å². The van der Waals surface area contributed by atoms with Crippen molar-refractivity contribution in [2.45, 2.75) is 12.5 Å². The molecule has 0 bridgehead atoms. The van der Waals surface area contributed by atoms with Gasteiger partial charge in [0.2, 0.25) is 0 Å². The molecule has 0 aromatic carbocycles. The summed E-state index contributed by atoms with van der Waals surface area (Å²) in [5.74, 6) is 1.09. The molecule has 1 aliphatic carbocycles. The Morgan fingerprint density at radius 2 is 2.19 bits per heavy atom. The lowest BCUT2D eigenvalue weighted by Crippen LogP contribution is -2.44. The highest BCUT2D eigenvalue weighted by Gasteiger charge is 2.28. The molecule has 0 N–H and O–H groups in total. The number of morpholine rings is 1. The van der Waals surface area contributed by atoms with Crippen molar-refractivity contribution in [1.82, 2.24) is 4.98 Å². The Morgan fingerprint density at radius 1 is 1.31 bits per heavy atom. The molecule has 0 amide bonds. The van der Waals surface area contributed by atoms with E-state index in [1.807, 2.05) is 12.4 Å². The lowest BCUT2D eigenvalue weighted by atomic mass is 10.0. The fraction of sp³-hybridized carbons (Fsp3) is 0.308. The molecule has 0 spiro atoms. The lowest BCUT2D eigenvalue weighted by Gasteiger charge is -2.39. The second-order valence-corrected chi connectivity index (χ2v) is 4.00. The maximum Gasteiger partial charge on any atom is 0.119 e. The van der Waals surface area contributed by atoms with Crippen LogP contribution in [0.3, 0.4) is 0 Å². The molecule has 82 valence electrons. The predicted octanol–water partition coefficient (Wildman–Crippen LogP) is 2.13. The topological polar surface area (TPSA) is 25.4 Å². The van der Waals surface area contributed by atoms with E-state index in [4.69, 9.17) is 4.74 Å². The van der Waals surface area contributed by atoms with Crippen molar-refractivity contribution in [1.29, 1.82) is 0 Å². The molecule has 3 rings (SSSR count). The van der Waals surface area contributed by atoms with Crippen LogP contribution in [0.4, 0.5) is 5.69 Å². The first-order valence-corrected chi connectivity index (χ1v) is 5.61. The summed E-state index contributed by atoms with van der Waals surface area (Å²) in [5, 5.41) is 0. The van der Waals surface area contributed by atoms with Crippen LogP contribution in [0.2, 0.25) is 0 Å². The average molecular weight is 214 g/mol. The number of nitrogens with zero attached hydrogens (tertiary/aromatic N) is 2. The van der Waals surface area contributed by atoms with E-state index in [1.165, 1.54) is 5.69 Å². The number of pyridine rings is 1. The maximum atomic E-state index is 5.69. The second-order valence-electron chi connectivity index (χ2n) is 4.00. The van der Waals surface area contributed by atoms with Crippen molar-refractivity contribution in [2.24, 2.45) is 0 Å². The van der Waals surface area contributed by atoms with Gasteiger partial charge in [-0.15, -0.1) is 0 Å². The van der Waals surface area contributed by atoms with E-state index in [2.05, 4.69) is 40.2 Å². The molecule has 3 nitrogen and oxygen atoms in total. The van der Waals surface area contributed by atoms with Crippen LogP contribution in [0.15, 0.2) is 48.5 Å². The second kappa shape index (κ2) is 4.00. The van der Waals surface area contributed by atoms with Gasteiger partial charge in [0, 0.05) is 18.1 Å². The zero-order valence-corrected chi connectivity index (χ0v) is 9.04. The Kier molecular flexibility index (Phi) is 2.37. The van der Waals surface area contributed by atoms with E-state index in [0.717, 1.165) is 25.3 Å². The van der Waals surface area contributed by atoms with Crippen LogP contribution in [0.1, 0.15) is 6.42 Å². The summed E-state index contributed by atoms with van der Waals surface area (Å²) in [6.45, 7) is 1.71. The van der Waals surface area contributed by atoms with Crippen LogP contribution in [-0.2, 0) is 4.74 Å². The summed E-state index contributed by atoms with van der Waals surface area (Å²) in [6, 6.07) is 4.48. The number of fused-ring (bicyclic) bond motifs is 1. The minimum absolute atomic E-state index is 0.362. The predicted molar refractivity (Wildman–Crippen MR) is 63.2 cm³/mol. The third kappa shape index (κ3) is 1.58. The zero-order valence-electron chi connectivity index (χ0n) is 9.04. The quantitative estimate of drug-likeness (QED) is 0.716. The van der Waals surface area contributed by atoms with E-state index in [9.17, 15) is 0 Å². The van der Waals surface area contributed by atoms with Crippen LogP contribution in [-0.4, -0.2) is 24.2 Å². The third-order valence-corrected chi connectivity index (χ3v) is 3.06. The summed E-state index contributed by atoms with van der Waals surface area (Å²) in [7, 11) is 0. The highest BCUT2D eigenvalue weighted by molar-refractivity contribution is 5.49. The van der Waals surface area contributed by atoms with E-state index >= 15 is 0 Å². The SMILES string of the molecule is C1=CCC2C(=C1)OCCN2c1ccncc1. The van der Waals surface area contributed by atoms with Crippen molar-refractivity contribution in [3.63, 3.8) is 0 Å². The molecule has 1 atom stereocenters. The molecule has 2 aliphatic rings. The van der Waals surface area contributed by atoms with Gasteiger partial charge in [-0.2, -0.15) is 0 Å². The first kappa shape index (κ1) is 9.46. The minimum atomic E-state index is 0.362. The zero-order chi connectivity index (χ0) is 10.8. The fourth-order valence-electron chi connectivity index (χ4n) is 2.28. The van der Waals surface area contributed by atoms with Crippen molar-refractivity contribution < 1.29 is 4.74 Å². The largest absolute Gasteiger partial charge is 0.494 e. The van der Waals surface area contributed by atoms with E-state index in [1.54, 1.807) is 0 Å². The van der Waals surface area contributed by atoms with Gasteiger partial charge < -0.3 is 9.64 Å². The van der Waals surface area contributed by atoms with Crippen LogP contribution >= 0.6 is 0 Å². The fourth-order valence-corrected chi connectivity index (χ4v) is 2.28. The highest BCUT2D eigenvalue weighted by Crippen LogP contribution is 2.28. The number of hydrogen-bond donors (Lipinski definition) is 0. The molecular formula is C13H14N2O. The Bertz CT molecular complexity index is 425. The first-order valence-electron chi connectivity index (χ1n) is 5.61. The summed E-state index contributed by atoms with van der Waals surface area (Å²) >= 11 is 0. The smallest absolute Gasteiger partial charge is 0.119 e. The van der Waals surface area contributed by atoms with Gasteiger partial charge in [-0.05, 0) is 24.6 Å². The Hall–Kier alpha value is -1.77. The molecule has 3 heteroatoms. The van der Waals surface area contributed by atoms with Crippen LogP contribution in [0, 0.1) is 0 Å². The third-order valence-electron chi connectivity index (χ3n) is 3.06. The molecule has 1 aliphatic heterocycles. The summed E-state index contributed by atoms with van der Waals surface area (Å²) in [6.07, 6.45) is 11.0. The van der Waals surface area contributed by atoms with E-state index < -0.39 is 0 Å². The van der Waals surface area contributed by atoms with Crippen LogP contribution in [0.5, 0.6) is 0 Å². The van der Waals surface area contributed by atoms with Crippen molar-refractivity contribution in [3.05, 3.63) is 48.5 Å². The number of allylic oxidation sites excluding steroid dienone is 2.